The van der Waals surface area contributed by atoms with Gasteiger partial charge in [-0.1, -0.05) is 24.3 Å². The third-order valence-corrected chi connectivity index (χ3v) is 4.83. The van der Waals surface area contributed by atoms with Crippen LogP contribution in [0.15, 0.2) is 65.1 Å². The van der Waals surface area contributed by atoms with Crippen molar-refractivity contribution in [3.63, 3.8) is 0 Å². The Morgan fingerprint density at radius 2 is 1.93 bits per heavy atom. The van der Waals surface area contributed by atoms with Gasteiger partial charge in [0.1, 0.15) is 11.3 Å². The molecule has 30 heavy (non-hydrogen) atoms. The summed E-state index contributed by atoms with van der Waals surface area (Å²) in [5, 5.41) is 2.99. The van der Waals surface area contributed by atoms with Gasteiger partial charge in [-0.15, -0.1) is 0 Å². The van der Waals surface area contributed by atoms with Crippen LogP contribution >= 0.6 is 0 Å². The number of aromatic nitrogens is 2. The Labute approximate surface area is 174 Å². The molecule has 0 aliphatic carbocycles. The number of pyridine rings is 1. The van der Waals surface area contributed by atoms with E-state index in [1.165, 1.54) is 6.07 Å². The van der Waals surface area contributed by atoms with Crippen LogP contribution in [-0.2, 0) is 12.8 Å². The Hall–Kier alpha value is -3.54. The van der Waals surface area contributed by atoms with Crippen molar-refractivity contribution in [2.75, 3.05) is 0 Å². The van der Waals surface area contributed by atoms with Gasteiger partial charge in [0.15, 0.2) is 11.5 Å². The van der Waals surface area contributed by atoms with Crippen molar-refractivity contribution in [3.8, 4) is 0 Å². The summed E-state index contributed by atoms with van der Waals surface area (Å²) in [6.45, 7) is 3.89. The zero-order chi connectivity index (χ0) is 21.1. The first-order valence-electron chi connectivity index (χ1n) is 9.84. The molecule has 0 spiro atoms. The van der Waals surface area contributed by atoms with Crippen molar-refractivity contribution >= 4 is 17.0 Å². The van der Waals surface area contributed by atoms with Gasteiger partial charge in [-0.25, -0.2) is 9.37 Å². The number of amides is 1. The lowest BCUT2D eigenvalue weighted by Crippen LogP contribution is -2.34. The highest BCUT2D eigenvalue weighted by atomic mass is 19.1. The molecule has 1 atom stereocenters. The first-order chi connectivity index (χ1) is 14.5. The predicted molar refractivity (Wildman–Crippen MR) is 113 cm³/mol. The number of oxazole rings is 1. The number of aryl methyl sites for hydroxylation is 1. The molecular formula is C24H22FN3O2. The lowest BCUT2D eigenvalue weighted by Gasteiger charge is -2.13. The average molecular weight is 403 g/mol. The monoisotopic (exact) mass is 403 g/mol. The van der Waals surface area contributed by atoms with Gasteiger partial charge in [0.2, 0.25) is 0 Å². The molecule has 6 heteroatoms. The maximum atomic E-state index is 13.9. The molecule has 2 heterocycles. The number of hydrogen-bond donors (Lipinski definition) is 1. The average Bonchev–Trinajstić information content (AvgIpc) is 3.11. The zero-order valence-electron chi connectivity index (χ0n) is 16.9. The van der Waals surface area contributed by atoms with Gasteiger partial charge < -0.3 is 9.73 Å². The van der Waals surface area contributed by atoms with E-state index in [2.05, 4.69) is 15.3 Å². The third kappa shape index (κ3) is 4.54. The number of fused-ring (bicyclic) bond motifs is 1. The highest BCUT2D eigenvalue weighted by Gasteiger charge is 2.14. The molecule has 4 rings (SSSR count). The predicted octanol–water partition coefficient (Wildman–Crippen LogP) is 4.62. The molecule has 0 radical (unpaired) electrons. The van der Waals surface area contributed by atoms with Crippen LogP contribution in [0.25, 0.3) is 11.1 Å². The van der Waals surface area contributed by atoms with E-state index in [4.69, 9.17) is 4.42 Å². The molecule has 0 saturated heterocycles. The SMILES string of the molecule is Cc1cccc(CC(C)NC(=O)c2ccc3nc(Cc4ccccc4F)oc3c2)n1. The normalized spacial score (nSPS) is 12.1. The second kappa shape index (κ2) is 8.45. The van der Waals surface area contributed by atoms with Gasteiger partial charge in [-0.3, -0.25) is 9.78 Å². The van der Waals surface area contributed by atoms with E-state index < -0.39 is 0 Å². The lowest BCUT2D eigenvalue weighted by molar-refractivity contribution is 0.0940. The highest BCUT2D eigenvalue weighted by Crippen LogP contribution is 2.20. The van der Waals surface area contributed by atoms with E-state index in [-0.39, 0.29) is 24.2 Å². The molecule has 1 N–H and O–H groups in total. The number of benzene rings is 2. The van der Waals surface area contributed by atoms with E-state index in [0.717, 1.165) is 11.4 Å². The fourth-order valence-electron chi connectivity index (χ4n) is 3.38. The maximum Gasteiger partial charge on any atom is 0.251 e. The topological polar surface area (TPSA) is 68.0 Å². The number of nitrogens with zero attached hydrogens (tertiary/aromatic N) is 2. The lowest BCUT2D eigenvalue weighted by atomic mass is 10.1. The van der Waals surface area contributed by atoms with Crippen LogP contribution in [0.5, 0.6) is 0 Å². The molecule has 2 aromatic heterocycles. The number of carbonyl (C=O) groups is 1. The quantitative estimate of drug-likeness (QED) is 0.510. The maximum absolute atomic E-state index is 13.9. The molecule has 0 aliphatic heterocycles. The van der Waals surface area contributed by atoms with Crippen LogP contribution in [0.1, 0.15) is 40.1 Å². The minimum Gasteiger partial charge on any atom is -0.440 e. The molecule has 152 valence electrons. The Bertz CT molecular complexity index is 1200. The molecule has 1 unspecified atom stereocenters. The third-order valence-electron chi connectivity index (χ3n) is 4.83. The summed E-state index contributed by atoms with van der Waals surface area (Å²) in [6, 6.07) is 17.4. The standard InChI is InChI=1S/C24H22FN3O2/c1-15-6-5-8-19(26-15)12-16(2)27-24(29)18-10-11-21-22(13-18)30-23(28-21)14-17-7-3-4-9-20(17)25/h3-11,13,16H,12,14H2,1-2H3,(H,27,29). The number of hydrogen-bond acceptors (Lipinski definition) is 4. The van der Waals surface area contributed by atoms with Crippen molar-refractivity contribution in [2.45, 2.75) is 32.7 Å². The van der Waals surface area contributed by atoms with E-state index in [1.807, 2.05) is 32.0 Å². The Kier molecular flexibility index (Phi) is 5.57. The highest BCUT2D eigenvalue weighted by molar-refractivity contribution is 5.97. The summed E-state index contributed by atoms with van der Waals surface area (Å²) in [6.07, 6.45) is 0.897. The minimum absolute atomic E-state index is 0.0751. The number of nitrogens with one attached hydrogen (secondary N) is 1. The molecular weight excluding hydrogens is 381 g/mol. The largest absolute Gasteiger partial charge is 0.440 e. The summed E-state index contributed by atoms with van der Waals surface area (Å²) >= 11 is 0. The van der Waals surface area contributed by atoms with E-state index >= 15 is 0 Å². The zero-order valence-corrected chi connectivity index (χ0v) is 16.9. The van der Waals surface area contributed by atoms with Crippen molar-refractivity contribution in [2.24, 2.45) is 0 Å². The van der Waals surface area contributed by atoms with Crippen molar-refractivity contribution in [1.29, 1.82) is 0 Å². The molecule has 2 aromatic carbocycles. The van der Waals surface area contributed by atoms with Crippen molar-refractivity contribution < 1.29 is 13.6 Å². The number of carbonyl (C=O) groups excluding carboxylic acids is 1. The summed E-state index contributed by atoms with van der Waals surface area (Å²) in [4.78, 5) is 21.5. The second-order valence-electron chi connectivity index (χ2n) is 7.41. The van der Waals surface area contributed by atoms with Crippen LogP contribution in [0, 0.1) is 12.7 Å². The molecule has 4 aromatic rings. The van der Waals surface area contributed by atoms with Gasteiger partial charge in [0, 0.05) is 29.4 Å². The smallest absolute Gasteiger partial charge is 0.251 e. The molecule has 5 nitrogen and oxygen atoms in total. The van der Waals surface area contributed by atoms with Crippen molar-refractivity contribution in [1.82, 2.24) is 15.3 Å². The van der Waals surface area contributed by atoms with Gasteiger partial charge in [0.25, 0.3) is 5.91 Å². The first kappa shape index (κ1) is 19.8. The molecule has 0 aliphatic rings. The number of rotatable bonds is 6. The Morgan fingerprint density at radius 1 is 1.10 bits per heavy atom. The Morgan fingerprint density at radius 3 is 2.73 bits per heavy atom. The summed E-state index contributed by atoms with van der Waals surface area (Å²) < 4.78 is 19.6. The van der Waals surface area contributed by atoms with E-state index in [9.17, 15) is 9.18 Å². The van der Waals surface area contributed by atoms with Gasteiger partial charge >= 0.3 is 0 Å². The molecule has 0 saturated carbocycles. The molecule has 0 bridgehead atoms. The Balaban J connectivity index is 1.46. The summed E-state index contributed by atoms with van der Waals surface area (Å²) in [5.74, 6) is -0.0763. The fourth-order valence-corrected chi connectivity index (χ4v) is 3.38. The van der Waals surface area contributed by atoms with Gasteiger partial charge in [-0.2, -0.15) is 0 Å². The van der Waals surface area contributed by atoms with Crippen molar-refractivity contribution in [3.05, 3.63) is 94.9 Å². The van der Waals surface area contributed by atoms with Crippen LogP contribution in [0.3, 0.4) is 0 Å². The first-order valence-corrected chi connectivity index (χ1v) is 9.84. The fraction of sp³-hybridized carbons (Fsp3) is 0.208. The summed E-state index contributed by atoms with van der Waals surface area (Å²) in [5.41, 5.74) is 4.02. The minimum atomic E-state index is -0.295. The van der Waals surface area contributed by atoms with E-state index in [0.29, 0.717) is 34.5 Å². The van der Waals surface area contributed by atoms with Crippen LogP contribution in [0.2, 0.25) is 0 Å². The number of halogens is 1. The molecule has 0 fully saturated rings. The van der Waals surface area contributed by atoms with E-state index in [1.54, 1.807) is 36.4 Å². The van der Waals surface area contributed by atoms with Crippen LogP contribution in [-0.4, -0.2) is 21.9 Å². The van der Waals surface area contributed by atoms with Crippen LogP contribution in [0.4, 0.5) is 4.39 Å². The van der Waals surface area contributed by atoms with Crippen LogP contribution < -0.4 is 5.32 Å². The van der Waals surface area contributed by atoms with Gasteiger partial charge in [0.05, 0.1) is 6.42 Å². The van der Waals surface area contributed by atoms with Gasteiger partial charge in [-0.05, 0) is 55.8 Å². The second-order valence-corrected chi connectivity index (χ2v) is 7.41. The molecule has 1 amide bonds. The summed E-state index contributed by atoms with van der Waals surface area (Å²) in [7, 11) is 0.